The normalized spacial score (nSPS) is 24.6. The Kier molecular flexibility index (Phi) is 3.02. The van der Waals surface area contributed by atoms with Crippen LogP contribution in [0.4, 0.5) is 8.78 Å². The van der Waals surface area contributed by atoms with E-state index in [1.165, 1.54) is 33.8 Å². The topological polar surface area (TPSA) is 74.8 Å². The lowest BCUT2D eigenvalue weighted by molar-refractivity contribution is 0.149. The highest BCUT2D eigenvalue weighted by Crippen LogP contribution is 2.53. The second kappa shape index (κ2) is 5.16. The van der Waals surface area contributed by atoms with Gasteiger partial charge in [0.15, 0.2) is 5.52 Å². The van der Waals surface area contributed by atoms with Crippen LogP contribution in [-0.4, -0.2) is 38.0 Å². The van der Waals surface area contributed by atoms with E-state index in [2.05, 4.69) is 15.4 Å². The number of hydrogen-bond donors (Lipinski definition) is 0. The van der Waals surface area contributed by atoms with Crippen molar-refractivity contribution in [2.75, 3.05) is 13.2 Å². The third kappa shape index (κ3) is 2.19. The summed E-state index contributed by atoms with van der Waals surface area (Å²) in [6.07, 6.45) is 1.47. The Bertz CT molecular complexity index is 1020. The van der Waals surface area contributed by atoms with E-state index in [0.717, 1.165) is 0 Å². The van der Waals surface area contributed by atoms with Gasteiger partial charge in [0, 0.05) is 17.4 Å². The molecule has 128 valence electrons. The maximum atomic E-state index is 13.8. The predicted octanol–water partition coefficient (Wildman–Crippen LogP) is 1.13. The summed E-state index contributed by atoms with van der Waals surface area (Å²) in [6, 6.07) is 3.67. The molecular weight excluding hydrogens is 332 g/mol. The molecule has 0 radical (unpaired) electrons. The first-order valence-electron chi connectivity index (χ1n) is 7.97. The number of benzene rings is 1. The van der Waals surface area contributed by atoms with E-state index in [4.69, 9.17) is 4.74 Å². The molecule has 3 aromatic rings. The number of aromatic nitrogens is 5. The molecule has 1 aliphatic heterocycles. The second-order valence-corrected chi connectivity index (χ2v) is 6.46. The highest BCUT2D eigenvalue weighted by atomic mass is 19.1. The third-order valence-electron chi connectivity index (χ3n) is 4.97. The van der Waals surface area contributed by atoms with Crippen molar-refractivity contribution in [2.45, 2.75) is 12.6 Å². The van der Waals surface area contributed by atoms with E-state index in [-0.39, 0.29) is 29.2 Å². The van der Waals surface area contributed by atoms with E-state index in [1.54, 1.807) is 0 Å². The molecule has 25 heavy (non-hydrogen) atoms. The Labute approximate surface area is 139 Å². The van der Waals surface area contributed by atoms with Crippen molar-refractivity contribution in [1.29, 1.82) is 0 Å². The van der Waals surface area contributed by atoms with Crippen molar-refractivity contribution < 1.29 is 13.5 Å². The van der Waals surface area contributed by atoms with Gasteiger partial charge in [-0.3, -0.25) is 9.48 Å². The summed E-state index contributed by atoms with van der Waals surface area (Å²) in [7, 11) is 0. The van der Waals surface area contributed by atoms with E-state index in [9.17, 15) is 13.6 Å². The van der Waals surface area contributed by atoms with Crippen molar-refractivity contribution in [3.63, 3.8) is 0 Å². The molecule has 0 amide bonds. The lowest BCUT2D eigenvalue weighted by Crippen LogP contribution is -2.26. The summed E-state index contributed by atoms with van der Waals surface area (Å²) in [5.41, 5.74) is 0.00677. The minimum atomic E-state index is -0.658. The number of ether oxygens (including phenoxy) is 1. The molecular formula is C16H13F2N5O2. The summed E-state index contributed by atoms with van der Waals surface area (Å²) < 4.78 is 35.6. The summed E-state index contributed by atoms with van der Waals surface area (Å²) in [5, 5.41) is 12.2. The molecule has 2 aromatic heterocycles. The highest BCUT2D eigenvalue weighted by Gasteiger charge is 2.56. The molecule has 1 aliphatic carbocycles. The first-order valence-corrected chi connectivity index (χ1v) is 7.97. The van der Waals surface area contributed by atoms with Gasteiger partial charge in [0.1, 0.15) is 17.2 Å². The van der Waals surface area contributed by atoms with E-state index < -0.39 is 11.6 Å². The van der Waals surface area contributed by atoms with Crippen molar-refractivity contribution in [3.8, 4) is 0 Å². The van der Waals surface area contributed by atoms with Gasteiger partial charge in [-0.2, -0.15) is 5.10 Å². The Morgan fingerprint density at radius 2 is 1.92 bits per heavy atom. The number of hydrogen-bond acceptors (Lipinski definition) is 5. The van der Waals surface area contributed by atoms with Crippen molar-refractivity contribution in [2.24, 2.45) is 11.8 Å². The Hall–Kier alpha value is -2.68. The number of halogens is 2. The van der Waals surface area contributed by atoms with Gasteiger partial charge < -0.3 is 4.74 Å². The van der Waals surface area contributed by atoms with Crippen molar-refractivity contribution in [1.82, 2.24) is 24.8 Å². The van der Waals surface area contributed by atoms with Crippen molar-refractivity contribution >= 4 is 11.0 Å². The van der Waals surface area contributed by atoms with Crippen LogP contribution >= 0.6 is 0 Å². The summed E-state index contributed by atoms with van der Waals surface area (Å²) in [5.74, 6) is -0.708. The quantitative estimate of drug-likeness (QED) is 0.711. The molecule has 0 unspecified atom stereocenters. The molecule has 1 saturated carbocycles. The largest absolute Gasteiger partial charge is 0.381 e. The predicted molar refractivity (Wildman–Crippen MR) is 81.9 cm³/mol. The third-order valence-corrected chi connectivity index (χ3v) is 4.97. The maximum Gasteiger partial charge on any atom is 0.298 e. The minimum Gasteiger partial charge on any atom is -0.381 e. The Morgan fingerprint density at radius 1 is 1.20 bits per heavy atom. The van der Waals surface area contributed by atoms with Gasteiger partial charge in [0.25, 0.3) is 5.56 Å². The lowest BCUT2D eigenvalue weighted by Gasteiger charge is -2.05. The minimum absolute atomic E-state index is 0.00677. The maximum absolute atomic E-state index is 13.8. The fourth-order valence-electron chi connectivity index (χ4n) is 3.58. The molecule has 2 fully saturated rings. The van der Waals surface area contributed by atoms with Gasteiger partial charge in [-0.25, -0.2) is 13.5 Å². The summed E-state index contributed by atoms with van der Waals surface area (Å²) in [6.45, 7) is 1.13. The average molecular weight is 345 g/mol. The van der Waals surface area contributed by atoms with Gasteiger partial charge in [-0.05, 0) is 12.1 Å². The SMILES string of the molecule is O=c1c2nn(Cc3c(F)cccc3F)cc2nnn1[C@@H]1[C@@H]2COC[C@@H]21. The van der Waals surface area contributed by atoms with Gasteiger partial charge in [0.2, 0.25) is 0 Å². The van der Waals surface area contributed by atoms with Crippen LogP contribution in [0.2, 0.25) is 0 Å². The molecule has 7 nitrogen and oxygen atoms in total. The molecule has 0 N–H and O–H groups in total. The smallest absolute Gasteiger partial charge is 0.298 e. The van der Waals surface area contributed by atoms with Crippen LogP contribution in [0, 0.1) is 23.5 Å². The van der Waals surface area contributed by atoms with Crippen LogP contribution < -0.4 is 5.56 Å². The molecule has 3 heterocycles. The van der Waals surface area contributed by atoms with Crippen LogP contribution in [-0.2, 0) is 11.3 Å². The van der Waals surface area contributed by atoms with Crippen LogP contribution in [0.3, 0.4) is 0 Å². The van der Waals surface area contributed by atoms with E-state index >= 15 is 0 Å². The van der Waals surface area contributed by atoms with E-state index in [0.29, 0.717) is 30.6 Å². The zero-order valence-corrected chi connectivity index (χ0v) is 13.0. The molecule has 1 saturated heterocycles. The monoisotopic (exact) mass is 345 g/mol. The fraction of sp³-hybridized carbons (Fsp3) is 0.375. The Morgan fingerprint density at radius 3 is 2.64 bits per heavy atom. The van der Waals surface area contributed by atoms with Crippen LogP contribution in [0.1, 0.15) is 11.6 Å². The van der Waals surface area contributed by atoms with Gasteiger partial charge in [-0.15, -0.1) is 5.10 Å². The molecule has 9 heteroatoms. The fourth-order valence-corrected chi connectivity index (χ4v) is 3.58. The summed E-state index contributed by atoms with van der Waals surface area (Å²) in [4.78, 5) is 12.6. The molecule has 1 aromatic carbocycles. The average Bonchev–Trinajstić information content (AvgIpc) is 2.96. The van der Waals surface area contributed by atoms with E-state index in [1.807, 2.05) is 0 Å². The van der Waals surface area contributed by atoms with Crippen molar-refractivity contribution in [3.05, 3.63) is 51.9 Å². The zero-order valence-electron chi connectivity index (χ0n) is 13.0. The van der Waals surface area contributed by atoms with Gasteiger partial charge >= 0.3 is 0 Å². The zero-order chi connectivity index (χ0) is 17.1. The second-order valence-electron chi connectivity index (χ2n) is 6.46. The number of fused-ring (bicyclic) bond motifs is 2. The van der Waals surface area contributed by atoms with Gasteiger partial charge in [-0.1, -0.05) is 11.3 Å². The molecule has 3 atom stereocenters. The lowest BCUT2D eigenvalue weighted by atomic mass is 10.2. The first kappa shape index (κ1) is 14.6. The van der Waals surface area contributed by atoms with Crippen LogP contribution in [0.25, 0.3) is 11.0 Å². The molecule has 0 spiro atoms. The summed E-state index contributed by atoms with van der Waals surface area (Å²) >= 11 is 0. The van der Waals surface area contributed by atoms with Gasteiger partial charge in [0.05, 0.1) is 32.0 Å². The molecule has 0 bridgehead atoms. The highest BCUT2D eigenvalue weighted by molar-refractivity contribution is 5.71. The standard InChI is InChI=1S/C16H13F2N5O2/c17-11-2-1-3-12(18)8(11)4-22-5-13-14(20-22)16(24)23(21-19-13)15-9-6-25-7-10(9)15/h1-3,5,9-10,15H,4,6-7H2/t9-,10+,15-. The number of rotatable bonds is 3. The molecule has 5 rings (SSSR count). The Balaban J connectivity index is 1.52. The van der Waals surface area contributed by atoms with Crippen LogP contribution in [0.5, 0.6) is 0 Å². The molecule has 2 aliphatic rings. The first-order chi connectivity index (χ1) is 12.1. The van der Waals surface area contributed by atoms with Crippen LogP contribution in [0.15, 0.2) is 29.2 Å². The number of nitrogens with zero attached hydrogens (tertiary/aromatic N) is 5.